The van der Waals surface area contributed by atoms with E-state index in [1.54, 1.807) is 32.6 Å². The topological polar surface area (TPSA) is 83.2 Å². The van der Waals surface area contributed by atoms with Gasteiger partial charge in [0.2, 0.25) is 0 Å². The average Bonchev–Trinajstić information content (AvgIpc) is 3.48. The second kappa shape index (κ2) is 9.21. The first-order chi connectivity index (χ1) is 17.5. The van der Waals surface area contributed by atoms with E-state index in [0.29, 0.717) is 48.8 Å². The smallest absolute Gasteiger partial charge is 0.274 e. The normalized spacial score (nSPS) is 17.4. The monoisotopic (exact) mass is 502 g/mol. The van der Waals surface area contributed by atoms with Crippen LogP contribution in [0.3, 0.4) is 0 Å². The van der Waals surface area contributed by atoms with Crippen LogP contribution in [0.15, 0.2) is 53.2 Å². The highest BCUT2D eigenvalue weighted by molar-refractivity contribution is 6.21. The van der Waals surface area contributed by atoms with Crippen molar-refractivity contribution in [3.05, 3.63) is 65.3 Å². The van der Waals surface area contributed by atoms with E-state index in [4.69, 9.17) is 4.98 Å². The van der Waals surface area contributed by atoms with Gasteiger partial charge in [-0.2, -0.15) is 5.10 Å². The molecule has 1 aromatic carbocycles. The Morgan fingerprint density at radius 1 is 1.08 bits per heavy atom. The molecule has 0 N–H and O–H groups in total. The molecule has 1 fully saturated rings. The van der Waals surface area contributed by atoms with Crippen molar-refractivity contribution in [3.8, 4) is 11.3 Å². The Morgan fingerprint density at radius 3 is 2.43 bits per heavy atom. The van der Waals surface area contributed by atoms with Crippen LogP contribution in [-0.4, -0.2) is 73.6 Å². The Balaban J connectivity index is 1.43. The summed E-state index contributed by atoms with van der Waals surface area (Å²) >= 11 is 0. The van der Waals surface area contributed by atoms with Gasteiger partial charge in [0.15, 0.2) is 5.65 Å². The number of imidazole rings is 1. The van der Waals surface area contributed by atoms with Crippen molar-refractivity contribution >= 4 is 23.2 Å². The van der Waals surface area contributed by atoms with Gasteiger partial charge in [0, 0.05) is 36.5 Å². The van der Waals surface area contributed by atoms with Crippen LogP contribution in [-0.2, 0) is 4.79 Å². The van der Waals surface area contributed by atoms with Gasteiger partial charge in [-0.3, -0.25) is 14.6 Å². The first-order valence-corrected chi connectivity index (χ1v) is 12.5. The van der Waals surface area contributed by atoms with Gasteiger partial charge in [-0.1, -0.05) is 13.8 Å². The van der Waals surface area contributed by atoms with E-state index >= 15 is 0 Å². The highest BCUT2D eigenvalue weighted by atomic mass is 19.1. The van der Waals surface area contributed by atoms with Crippen LogP contribution in [0, 0.1) is 5.82 Å². The van der Waals surface area contributed by atoms with E-state index < -0.39 is 5.54 Å². The van der Waals surface area contributed by atoms with Crippen LogP contribution >= 0.6 is 0 Å². The summed E-state index contributed by atoms with van der Waals surface area (Å²) in [5, 5.41) is 4.68. The summed E-state index contributed by atoms with van der Waals surface area (Å²) in [4.78, 5) is 39.3. The summed E-state index contributed by atoms with van der Waals surface area (Å²) < 4.78 is 15.1. The summed E-state index contributed by atoms with van der Waals surface area (Å²) in [5.74, 6) is -0.403. The number of amides is 2. The van der Waals surface area contributed by atoms with Gasteiger partial charge in [0.05, 0.1) is 29.5 Å². The third kappa shape index (κ3) is 4.54. The molecule has 0 bridgehead atoms. The molecule has 2 aliphatic rings. The van der Waals surface area contributed by atoms with Gasteiger partial charge in [-0.15, -0.1) is 0 Å². The third-order valence-electron chi connectivity index (χ3n) is 7.11. The van der Waals surface area contributed by atoms with Crippen molar-refractivity contribution in [3.63, 3.8) is 0 Å². The number of carbonyl (C=O) groups is 2. The molecule has 9 heteroatoms. The lowest BCUT2D eigenvalue weighted by Crippen LogP contribution is -2.62. The lowest BCUT2D eigenvalue weighted by Gasteiger charge is -2.47. The predicted molar refractivity (Wildman–Crippen MR) is 140 cm³/mol. The van der Waals surface area contributed by atoms with Crippen molar-refractivity contribution in [1.82, 2.24) is 24.4 Å². The Morgan fingerprint density at radius 2 is 1.81 bits per heavy atom. The fourth-order valence-corrected chi connectivity index (χ4v) is 5.05. The fourth-order valence-electron chi connectivity index (χ4n) is 5.05. The minimum atomic E-state index is -0.585. The molecule has 8 nitrogen and oxygen atoms in total. The number of hydrogen-bond donors (Lipinski definition) is 0. The average molecular weight is 503 g/mol. The zero-order valence-electron chi connectivity index (χ0n) is 21.8. The van der Waals surface area contributed by atoms with Crippen LogP contribution in [0.2, 0.25) is 0 Å². The second-order valence-corrected chi connectivity index (χ2v) is 10.6. The maximum atomic E-state index is 13.7. The summed E-state index contributed by atoms with van der Waals surface area (Å²) in [6.07, 6.45) is 3.52. The third-order valence-corrected chi connectivity index (χ3v) is 7.11. The summed E-state index contributed by atoms with van der Waals surface area (Å²) in [6.45, 7) is 11.7. The minimum Gasteiger partial charge on any atom is -0.334 e. The van der Waals surface area contributed by atoms with Gasteiger partial charge in [0.1, 0.15) is 11.5 Å². The number of aromatic nitrogens is 3. The molecule has 1 saturated heterocycles. The SMILES string of the molecule is CC1=NCC=C1C(=O)N1CCN(C(=O)c2cn3nc(-c4ccc(F)cc4)cc(C(C)C)c3n2)C(C)(C)C1. The van der Waals surface area contributed by atoms with E-state index in [-0.39, 0.29) is 23.5 Å². The Bertz CT molecular complexity index is 1450. The maximum Gasteiger partial charge on any atom is 0.274 e. The van der Waals surface area contributed by atoms with Crippen LogP contribution < -0.4 is 0 Å². The number of halogens is 1. The fraction of sp³-hybridized carbons (Fsp3) is 0.393. The van der Waals surface area contributed by atoms with Crippen molar-refractivity contribution in [2.45, 2.75) is 46.1 Å². The molecule has 2 aromatic heterocycles. The first kappa shape index (κ1) is 24.8. The molecule has 0 spiro atoms. The molecule has 0 unspecified atom stereocenters. The highest BCUT2D eigenvalue weighted by Gasteiger charge is 2.40. The Hall–Kier alpha value is -3.88. The zero-order chi connectivity index (χ0) is 26.5. The Kier molecular flexibility index (Phi) is 6.17. The molecule has 4 heterocycles. The Labute approximate surface area is 215 Å². The van der Waals surface area contributed by atoms with E-state index in [2.05, 4.69) is 23.9 Å². The van der Waals surface area contributed by atoms with Crippen LogP contribution in [0.4, 0.5) is 4.39 Å². The molecule has 0 radical (unpaired) electrons. The van der Waals surface area contributed by atoms with Crippen molar-refractivity contribution in [2.75, 3.05) is 26.2 Å². The summed E-state index contributed by atoms with van der Waals surface area (Å²) in [7, 11) is 0. The molecule has 0 aliphatic carbocycles. The predicted octanol–water partition coefficient (Wildman–Crippen LogP) is 4.12. The molecule has 5 rings (SSSR count). The molecular weight excluding hydrogens is 471 g/mol. The molecular formula is C28H31FN6O2. The van der Waals surface area contributed by atoms with Gasteiger partial charge >= 0.3 is 0 Å². The van der Waals surface area contributed by atoms with Gasteiger partial charge in [0.25, 0.3) is 11.8 Å². The summed E-state index contributed by atoms with van der Waals surface area (Å²) in [6, 6.07) is 8.14. The van der Waals surface area contributed by atoms with Gasteiger partial charge < -0.3 is 9.80 Å². The largest absolute Gasteiger partial charge is 0.334 e. The molecule has 0 saturated carbocycles. The first-order valence-electron chi connectivity index (χ1n) is 12.5. The quantitative estimate of drug-likeness (QED) is 0.537. The van der Waals surface area contributed by atoms with Gasteiger partial charge in [-0.25, -0.2) is 13.9 Å². The van der Waals surface area contributed by atoms with Crippen molar-refractivity contribution in [1.29, 1.82) is 0 Å². The molecule has 192 valence electrons. The number of hydrogen-bond acceptors (Lipinski definition) is 5. The number of aliphatic imine (C=N–C) groups is 1. The number of nitrogens with zero attached hydrogens (tertiary/aromatic N) is 6. The lowest BCUT2D eigenvalue weighted by atomic mass is 9.97. The van der Waals surface area contributed by atoms with Crippen LogP contribution in [0.1, 0.15) is 56.6 Å². The van der Waals surface area contributed by atoms with E-state index in [1.807, 2.05) is 32.9 Å². The molecule has 2 amide bonds. The maximum absolute atomic E-state index is 13.7. The minimum absolute atomic E-state index is 0.0363. The second-order valence-electron chi connectivity index (χ2n) is 10.6. The number of benzene rings is 1. The number of fused-ring (bicyclic) bond motifs is 1. The standard InChI is InChI=1S/C28H31FN6O2/c1-17(2)22-14-23(19-6-8-20(29)9-7-19)32-35-15-24(31-25(22)35)27(37)34-13-12-33(16-28(34,4)5)26(36)21-10-11-30-18(21)3/h6-10,14-15,17H,11-13,16H2,1-5H3. The van der Waals surface area contributed by atoms with E-state index in [9.17, 15) is 14.0 Å². The highest BCUT2D eigenvalue weighted by Crippen LogP contribution is 2.28. The van der Waals surface area contributed by atoms with Crippen molar-refractivity contribution in [2.24, 2.45) is 4.99 Å². The van der Waals surface area contributed by atoms with E-state index in [0.717, 1.165) is 16.8 Å². The van der Waals surface area contributed by atoms with Gasteiger partial charge in [-0.05, 0) is 63.1 Å². The van der Waals surface area contributed by atoms with Crippen LogP contribution in [0.5, 0.6) is 0 Å². The van der Waals surface area contributed by atoms with Crippen LogP contribution in [0.25, 0.3) is 16.9 Å². The number of rotatable bonds is 4. The lowest BCUT2D eigenvalue weighted by molar-refractivity contribution is -0.130. The zero-order valence-corrected chi connectivity index (χ0v) is 21.8. The molecule has 0 atom stereocenters. The molecule has 3 aromatic rings. The number of piperazine rings is 1. The van der Waals surface area contributed by atoms with Crippen molar-refractivity contribution < 1.29 is 14.0 Å². The molecule has 37 heavy (non-hydrogen) atoms. The molecule has 2 aliphatic heterocycles. The number of carbonyl (C=O) groups excluding carboxylic acids is 2. The summed E-state index contributed by atoms with van der Waals surface area (Å²) in [5.41, 5.74) is 4.17. The van der Waals surface area contributed by atoms with E-state index in [1.165, 1.54) is 12.1 Å².